The van der Waals surface area contributed by atoms with Crippen molar-refractivity contribution in [2.24, 2.45) is 0 Å². The first kappa shape index (κ1) is 5.35. The molecule has 1 aromatic rings. The number of hydrogen-bond donors (Lipinski definition) is 0. The Balaban J connectivity index is 2.28. The summed E-state index contributed by atoms with van der Waals surface area (Å²) in [5, 5.41) is 10.3. The Bertz CT molecular complexity index is 215. The third-order valence-electron chi connectivity index (χ3n) is 1.47. The molecule has 1 aliphatic rings. The van der Waals surface area contributed by atoms with Gasteiger partial charge in [0.15, 0.2) is 0 Å². The number of hydrogen-bond acceptors (Lipinski definition) is 3. The van der Waals surface area contributed by atoms with Crippen LogP contribution in [0.1, 0.15) is 28.8 Å². The summed E-state index contributed by atoms with van der Waals surface area (Å²) in [5.74, 6) is 0.774. The van der Waals surface area contributed by atoms with Gasteiger partial charge in [0.05, 0.1) is 0 Å². The zero-order chi connectivity index (χ0) is 6.27. The second-order valence-electron chi connectivity index (χ2n) is 2.43. The van der Waals surface area contributed by atoms with Crippen molar-refractivity contribution in [1.29, 1.82) is 0 Å². The zero-order valence-electron chi connectivity index (χ0n) is 5.29. The van der Waals surface area contributed by atoms with Gasteiger partial charge in [0.1, 0.15) is 10.0 Å². The SMILES string of the molecule is Cc1nnc(C2CC2)s1. The molecule has 9 heavy (non-hydrogen) atoms. The van der Waals surface area contributed by atoms with Crippen molar-refractivity contribution in [3.8, 4) is 0 Å². The Kier molecular flexibility index (Phi) is 1.05. The summed E-state index contributed by atoms with van der Waals surface area (Å²) >= 11 is 1.74. The molecule has 3 heteroatoms. The highest BCUT2D eigenvalue weighted by molar-refractivity contribution is 7.11. The second kappa shape index (κ2) is 1.77. The average molecular weight is 140 g/mol. The largest absolute Gasteiger partial charge is 0.144 e. The molecule has 48 valence electrons. The molecule has 1 fully saturated rings. The standard InChI is InChI=1S/C6H8N2S/c1-4-7-8-6(9-4)5-2-3-5/h5H,2-3H2,1H3. The van der Waals surface area contributed by atoms with E-state index in [1.54, 1.807) is 11.3 Å². The van der Waals surface area contributed by atoms with Crippen LogP contribution in [0.15, 0.2) is 0 Å². The number of aryl methyl sites for hydroxylation is 1. The lowest BCUT2D eigenvalue weighted by Gasteiger charge is -1.79. The van der Waals surface area contributed by atoms with Crippen molar-refractivity contribution < 1.29 is 0 Å². The summed E-state index contributed by atoms with van der Waals surface area (Å²) < 4.78 is 0. The van der Waals surface area contributed by atoms with E-state index in [4.69, 9.17) is 0 Å². The van der Waals surface area contributed by atoms with E-state index in [1.807, 2.05) is 6.92 Å². The highest BCUT2D eigenvalue weighted by atomic mass is 32.1. The number of nitrogens with zero attached hydrogens (tertiary/aromatic N) is 2. The van der Waals surface area contributed by atoms with Gasteiger partial charge in [-0.2, -0.15) is 0 Å². The maximum Gasteiger partial charge on any atom is 0.120 e. The van der Waals surface area contributed by atoms with Crippen LogP contribution in [0.5, 0.6) is 0 Å². The van der Waals surface area contributed by atoms with Crippen LogP contribution >= 0.6 is 11.3 Å². The summed E-state index contributed by atoms with van der Waals surface area (Å²) in [5.41, 5.74) is 0. The molecule has 0 saturated heterocycles. The summed E-state index contributed by atoms with van der Waals surface area (Å²) in [6.45, 7) is 2.00. The van der Waals surface area contributed by atoms with Gasteiger partial charge in [0.25, 0.3) is 0 Å². The maximum atomic E-state index is 4.05. The predicted molar refractivity (Wildman–Crippen MR) is 36.6 cm³/mol. The third-order valence-corrected chi connectivity index (χ3v) is 2.47. The first-order valence-corrected chi connectivity index (χ1v) is 3.98. The molecule has 0 bridgehead atoms. The van der Waals surface area contributed by atoms with Crippen LogP contribution in [-0.4, -0.2) is 10.2 Å². The Morgan fingerprint density at radius 2 is 2.22 bits per heavy atom. The van der Waals surface area contributed by atoms with Crippen molar-refractivity contribution >= 4 is 11.3 Å². The molecule has 0 unspecified atom stereocenters. The maximum absolute atomic E-state index is 4.05. The molecule has 0 N–H and O–H groups in total. The van der Waals surface area contributed by atoms with Crippen LogP contribution in [0, 0.1) is 6.92 Å². The zero-order valence-corrected chi connectivity index (χ0v) is 6.11. The topological polar surface area (TPSA) is 25.8 Å². The monoisotopic (exact) mass is 140 g/mol. The van der Waals surface area contributed by atoms with Crippen molar-refractivity contribution in [3.63, 3.8) is 0 Å². The highest BCUT2D eigenvalue weighted by Crippen LogP contribution is 2.40. The quantitative estimate of drug-likeness (QED) is 0.593. The average Bonchev–Trinajstić information content (AvgIpc) is 2.58. The molecule has 0 radical (unpaired) electrons. The van der Waals surface area contributed by atoms with Crippen LogP contribution in [0.3, 0.4) is 0 Å². The van der Waals surface area contributed by atoms with E-state index in [0.717, 1.165) is 10.9 Å². The van der Waals surface area contributed by atoms with Gasteiger partial charge >= 0.3 is 0 Å². The first-order valence-electron chi connectivity index (χ1n) is 3.16. The lowest BCUT2D eigenvalue weighted by Crippen LogP contribution is -1.74. The molecule has 1 saturated carbocycles. The Labute approximate surface area is 57.9 Å². The van der Waals surface area contributed by atoms with Crippen molar-refractivity contribution in [2.45, 2.75) is 25.7 Å². The Hall–Kier alpha value is -0.440. The predicted octanol–water partition coefficient (Wildman–Crippen LogP) is 1.72. The molecular formula is C6H8N2S. The minimum Gasteiger partial charge on any atom is -0.144 e. The lowest BCUT2D eigenvalue weighted by atomic mass is 10.5. The van der Waals surface area contributed by atoms with Gasteiger partial charge < -0.3 is 0 Å². The summed E-state index contributed by atoms with van der Waals surface area (Å²) in [6, 6.07) is 0. The van der Waals surface area contributed by atoms with E-state index in [-0.39, 0.29) is 0 Å². The van der Waals surface area contributed by atoms with E-state index < -0.39 is 0 Å². The first-order chi connectivity index (χ1) is 4.36. The summed E-state index contributed by atoms with van der Waals surface area (Å²) in [7, 11) is 0. The molecular weight excluding hydrogens is 132 g/mol. The van der Waals surface area contributed by atoms with Gasteiger partial charge in [0.2, 0.25) is 0 Å². The van der Waals surface area contributed by atoms with Crippen LogP contribution in [0.25, 0.3) is 0 Å². The fourth-order valence-corrected chi connectivity index (χ4v) is 1.68. The fraction of sp³-hybridized carbons (Fsp3) is 0.667. The van der Waals surface area contributed by atoms with E-state index in [0.29, 0.717) is 0 Å². The molecule has 2 rings (SSSR count). The Morgan fingerprint density at radius 3 is 2.67 bits per heavy atom. The van der Waals surface area contributed by atoms with Crippen molar-refractivity contribution in [2.75, 3.05) is 0 Å². The van der Waals surface area contributed by atoms with Gasteiger partial charge in [-0.3, -0.25) is 0 Å². The molecule has 0 atom stereocenters. The summed E-state index contributed by atoms with van der Waals surface area (Å²) in [4.78, 5) is 0. The molecule has 0 amide bonds. The van der Waals surface area contributed by atoms with Crippen molar-refractivity contribution in [3.05, 3.63) is 10.0 Å². The summed E-state index contributed by atoms with van der Waals surface area (Å²) in [6.07, 6.45) is 2.66. The molecule has 0 aromatic carbocycles. The van der Waals surface area contributed by atoms with Crippen LogP contribution in [0.4, 0.5) is 0 Å². The van der Waals surface area contributed by atoms with Gasteiger partial charge in [0, 0.05) is 5.92 Å². The van der Waals surface area contributed by atoms with Gasteiger partial charge in [-0.25, -0.2) is 0 Å². The molecule has 2 nitrogen and oxygen atoms in total. The smallest absolute Gasteiger partial charge is 0.120 e. The van der Waals surface area contributed by atoms with E-state index in [9.17, 15) is 0 Å². The highest BCUT2D eigenvalue weighted by Gasteiger charge is 2.26. The van der Waals surface area contributed by atoms with Crippen LogP contribution < -0.4 is 0 Å². The normalized spacial score (nSPS) is 18.3. The number of rotatable bonds is 1. The van der Waals surface area contributed by atoms with E-state index in [2.05, 4.69) is 10.2 Å². The molecule has 0 spiro atoms. The Morgan fingerprint density at radius 1 is 1.44 bits per heavy atom. The van der Waals surface area contributed by atoms with Gasteiger partial charge in [-0.05, 0) is 19.8 Å². The van der Waals surface area contributed by atoms with E-state index >= 15 is 0 Å². The molecule has 1 heterocycles. The molecule has 1 aromatic heterocycles. The number of aromatic nitrogens is 2. The molecule has 0 aliphatic heterocycles. The van der Waals surface area contributed by atoms with Crippen LogP contribution in [0.2, 0.25) is 0 Å². The van der Waals surface area contributed by atoms with Gasteiger partial charge in [-0.1, -0.05) is 0 Å². The minimum absolute atomic E-state index is 0.774. The minimum atomic E-state index is 0.774. The van der Waals surface area contributed by atoms with Crippen molar-refractivity contribution in [1.82, 2.24) is 10.2 Å². The van der Waals surface area contributed by atoms with Crippen LogP contribution in [-0.2, 0) is 0 Å². The lowest BCUT2D eigenvalue weighted by molar-refractivity contribution is 0.958. The third kappa shape index (κ3) is 0.965. The molecule has 1 aliphatic carbocycles. The fourth-order valence-electron chi connectivity index (χ4n) is 0.807. The van der Waals surface area contributed by atoms with E-state index in [1.165, 1.54) is 17.8 Å². The second-order valence-corrected chi connectivity index (χ2v) is 3.65. The van der Waals surface area contributed by atoms with Gasteiger partial charge in [-0.15, -0.1) is 21.5 Å².